The van der Waals surface area contributed by atoms with Crippen LogP contribution >= 0.6 is 0 Å². The van der Waals surface area contributed by atoms with E-state index in [-0.39, 0.29) is 18.4 Å². The van der Waals surface area contributed by atoms with Crippen LogP contribution < -0.4 is 20.1 Å². The first-order valence-electron chi connectivity index (χ1n) is 7.47. The van der Waals surface area contributed by atoms with Gasteiger partial charge in [0.15, 0.2) is 11.5 Å². The second kappa shape index (κ2) is 5.76. The summed E-state index contributed by atoms with van der Waals surface area (Å²) in [6.45, 7) is 2.89. The summed E-state index contributed by atoms with van der Waals surface area (Å²) in [5.41, 5.74) is -0.0495. The third kappa shape index (κ3) is 2.93. The average molecular weight is 301 g/mol. The van der Waals surface area contributed by atoms with Crippen molar-refractivity contribution in [3.63, 3.8) is 0 Å². The Hall–Kier alpha value is -2.42. The largest absolute Gasteiger partial charge is 0.486 e. The van der Waals surface area contributed by atoms with Crippen LogP contribution in [0.15, 0.2) is 18.2 Å². The van der Waals surface area contributed by atoms with Gasteiger partial charge in [0.25, 0.3) is 0 Å². The maximum absolute atomic E-state index is 12.1. The van der Waals surface area contributed by atoms with E-state index in [1.165, 1.54) is 0 Å². The molecule has 1 aliphatic heterocycles. The molecule has 1 amide bonds. The van der Waals surface area contributed by atoms with Gasteiger partial charge in [0.1, 0.15) is 18.8 Å². The SMILES string of the molecule is C[C@](C#N)(NC(=O)CNc1cccc2c1OCCO2)C1CC1. The Morgan fingerprint density at radius 2 is 2.18 bits per heavy atom. The fourth-order valence-corrected chi connectivity index (χ4v) is 2.60. The first-order chi connectivity index (χ1) is 10.6. The summed E-state index contributed by atoms with van der Waals surface area (Å²) in [6.07, 6.45) is 1.99. The number of benzene rings is 1. The predicted octanol–water partition coefficient (Wildman–Crippen LogP) is 1.68. The van der Waals surface area contributed by atoms with Crippen LogP contribution in [0, 0.1) is 17.2 Å². The first kappa shape index (κ1) is 14.5. The molecule has 0 radical (unpaired) electrons. The molecule has 1 fully saturated rings. The second-order valence-electron chi connectivity index (χ2n) is 5.82. The minimum Gasteiger partial charge on any atom is -0.486 e. The Morgan fingerprint density at radius 1 is 1.41 bits per heavy atom. The van der Waals surface area contributed by atoms with Gasteiger partial charge in [-0.3, -0.25) is 4.79 Å². The maximum Gasteiger partial charge on any atom is 0.240 e. The zero-order valence-corrected chi connectivity index (χ0v) is 12.5. The van der Waals surface area contributed by atoms with E-state index in [1.54, 1.807) is 6.92 Å². The average Bonchev–Trinajstić information content (AvgIpc) is 3.38. The van der Waals surface area contributed by atoms with Gasteiger partial charge < -0.3 is 20.1 Å². The molecule has 22 heavy (non-hydrogen) atoms. The minimum absolute atomic E-state index is 0.0871. The molecule has 0 spiro atoms. The van der Waals surface area contributed by atoms with E-state index in [9.17, 15) is 10.1 Å². The van der Waals surface area contributed by atoms with Crippen LogP contribution in [-0.2, 0) is 4.79 Å². The van der Waals surface area contributed by atoms with Crippen molar-refractivity contribution in [3.8, 4) is 17.6 Å². The number of fused-ring (bicyclic) bond motifs is 1. The number of hydrogen-bond acceptors (Lipinski definition) is 5. The molecule has 1 heterocycles. The van der Waals surface area contributed by atoms with Crippen LogP contribution in [0.5, 0.6) is 11.5 Å². The molecule has 116 valence electrons. The van der Waals surface area contributed by atoms with Crippen LogP contribution in [0.25, 0.3) is 0 Å². The lowest BCUT2D eigenvalue weighted by Crippen LogP contribution is -2.48. The van der Waals surface area contributed by atoms with Crippen molar-refractivity contribution in [2.24, 2.45) is 5.92 Å². The molecule has 0 unspecified atom stereocenters. The van der Waals surface area contributed by atoms with E-state index in [4.69, 9.17) is 9.47 Å². The number of hydrogen-bond donors (Lipinski definition) is 2. The zero-order valence-electron chi connectivity index (χ0n) is 12.5. The topological polar surface area (TPSA) is 83.4 Å². The molecule has 1 aromatic carbocycles. The van der Waals surface area contributed by atoms with E-state index in [2.05, 4.69) is 16.7 Å². The van der Waals surface area contributed by atoms with E-state index < -0.39 is 5.54 Å². The molecule has 1 aromatic rings. The van der Waals surface area contributed by atoms with Gasteiger partial charge in [-0.1, -0.05) is 6.07 Å². The number of amides is 1. The predicted molar refractivity (Wildman–Crippen MR) is 80.8 cm³/mol. The molecule has 1 aliphatic carbocycles. The minimum atomic E-state index is -0.769. The second-order valence-corrected chi connectivity index (χ2v) is 5.82. The van der Waals surface area contributed by atoms with Crippen LogP contribution in [0.1, 0.15) is 19.8 Å². The number of nitriles is 1. The number of nitrogens with one attached hydrogen (secondary N) is 2. The summed E-state index contributed by atoms with van der Waals surface area (Å²) in [6, 6.07) is 7.73. The molecule has 0 aromatic heterocycles. The van der Waals surface area contributed by atoms with Gasteiger partial charge in [0.05, 0.1) is 18.3 Å². The molecule has 3 rings (SSSR count). The Morgan fingerprint density at radius 3 is 2.91 bits per heavy atom. The van der Waals surface area contributed by atoms with Gasteiger partial charge in [-0.25, -0.2) is 0 Å². The van der Waals surface area contributed by atoms with E-state index in [0.717, 1.165) is 18.5 Å². The highest BCUT2D eigenvalue weighted by Crippen LogP contribution is 2.39. The van der Waals surface area contributed by atoms with Crippen molar-refractivity contribution in [2.45, 2.75) is 25.3 Å². The van der Waals surface area contributed by atoms with E-state index in [1.807, 2.05) is 18.2 Å². The lowest BCUT2D eigenvalue weighted by Gasteiger charge is -2.24. The van der Waals surface area contributed by atoms with Gasteiger partial charge in [0, 0.05) is 0 Å². The lowest BCUT2D eigenvalue weighted by atomic mass is 9.98. The van der Waals surface area contributed by atoms with Gasteiger partial charge >= 0.3 is 0 Å². The smallest absolute Gasteiger partial charge is 0.240 e. The van der Waals surface area contributed by atoms with E-state index in [0.29, 0.717) is 24.7 Å². The van der Waals surface area contributed by atoms with Gasteiger partial charge in [0.2, 0.25) is 5.91 Å². The molecule has 0 bridgehead atoms. The lowest BCUT2D eigenvalue weighted by molar-refractivity contribution is -0.120. The Balaban J connectivity index is 1.61. The summed E-state index contributed by atoms with van der Waals surface area (Å²) in [5.74, 6) is 1.37. The van der Waals surface area contributed by atoms with Gasteiger partial charge in [-0.05, 0) is 37.8 Å². The number of carbonyl (C=O) groups excluding carboxylic acids is 1. The van der Waals surface area contributed by atoms with Crippen molar-refractivity contribution >= 4 is 11.6 Å². The van der Waals surface area contributed by atoms with Crippen molar-refractivity contribution in [3.05, 3.63) is 18.2 Å². The first-order valence-corrected chi connectivity index (χ1v) is 7.47. The fraction of sp³-hybridized carbons (Fsp3) is 0.500. The molecule has 1 saturated carbocycles. The monoisotopic (exact) mass is 301 g/mol. The molecule has 1 atom stereocenters. The number of rotatable bonds is 5. The fourth-order valence-electron chi connectivity index (χ4n) is 2.60. The quantitative estimate of drug-likeness (QED) is 0.864. The van der Waals surface area contributed by atoms with Crippen LogP contribution in [0.2, 0.25) is 0 Å². The molecule has 2 N–H and O–H groups in total. The molecular weight excluding hydrogens is 282 g/mol. The number of para-hydroxylation sites is 1. The molecule has 2 aliphatic rings. The Bertz CT molecular complexity index is 622. The van der Waals surface area contributed by atoms with Gasteiger partial charge in [-0.2, -0.15) is 5.26 Å². The Kier molecular flexibility index (Phi) is 3.80. The van der Waals surface area contributed by atoms with E-state index >= 15 is 0 Å². The van der Waals surface area contributed by atoms with Crippen LogP contribution in [-0.4, -0.2) is 31.2 Å². The number of carbonyl (C=O) groups is 1. The zero-order chi connectivity index (χ0) is 15.6. The highest BCUT2D eigenvalue weighted by atomic mass is 16.6. The Labute approximate surface area is 129 Å². The number of anilines is 1. The molecule has 0 saturated heterocycles. The standard InChI is InChI=1S/C16H19N3O3/c1-16(10-17,11-5-6-11)19-14(20)9-18-12-3-2-4-13-15(12)22-8-7-21-13/h2-4,11,18H,5-9H2,1H3,(H,19,20)/t16-/m1/s1. The number of nitrogens with zero attached hydrogens (tertiary/aromatic N) is 1. The third-order valence-corrected chi connectivity index (χ3v) is 4.03. The summed E-state index contributed by atoms with van der Waals surface area (Å²) in [5, 5.41) is 15.1. The third-order valence-electron chi connectivity index (χ3n) is 4.03. The van der Waals surface area contributed by atoms with Crippen molar-refractivity contribution in [2.75, 3.05) is 25.1 Å². The number of ether oxygens (including phenoxy) is 2. The van der Waals surface area contributed by atoms with Crippen molar-refractivity contribution in [1.29, 1.82) is 5.26 Å². The molecular formula is C16H19N3O3. The van der Waals surface area contributed by atoms with Gasteiger partial charge in [-0.15, -0.1) is 0 Å². The van der Waals surface area contributed by atoms with Crippen LogP contribution in [0.4, 0.5) is 5.69 Å². The van der Waals surface area contributed by atoms with Crippen molar-refractivity contribution < 1.29 is 14.3 Å². The molecule has 6 nitrogen and oxygen atoms in total. The molecule has 6 heteroatoms. The summed E-state index contributed by atoms with van der Waals surface area (Å²) in [7, 11) is 0. The van der Waals surface area contributed by atoms with Crippen LogP contribution in [0.3, 0.4) is 0 Å². The highest BCUT2D eigenvalue weighted by Gasteiger charge is 2.42. The summed E-state index contributed by atoms with van der Waals surface area (Å²) in [4.78, 5) is 12.1. The summed E-state index contributed by atoms with van der Waals surface area (Å²) < 4.78 is 11.1. The summed E-state index contributed by atoms with van der Waals surface area (Å²) >= 11 is 0. The normalized spacial score (nSPS) is 18.7. The highest BCUT2D eigenvalue weighted by molar-refractivity contribution is 5.82. The maximum atomic E-state index is 12.1. The van der Waals surface area contributed by atoms with Crippen molar-refractivity contribution in [1.82, 2.24) is 5.32 Å².